The van der Waals surface area contributed by atoms with Crippen LogP contribution >= 0.6 is 11.6 Å². The summed E-state index contributed by atoms with van der Waals surface area (Å²) in [4.78, 5) is 44.8. The number of rotatable bonds is 5. The van der Waals surface area contributed by atoms with Gasteiger partial charge in [-0.3, -0.25) is 24.4 Å². The fourth-order valence-electron chi connectivity index (χ4n) is 3.49. The molecule has 4 amide bonds. The van der Waals surface area contributed by atoms with Crippen LogP contribution in [0.4, 0.5) is 4.79 Å². The largest absolute Gasteiger partial charge is 0.332 e. The van der Waals surface area contributed by atoms with E-state index in [0.717, 1.165) is 20.9 Å². The molecule has 0 atom stereocenters. The van der Waals surface area contributed by atoms with Crippen LogP contribution in [0.5, 0.6) is 0 Å². The van der Waals surface area contributed by atoms with E-state index in [9.17, 15) is 14.4 Å². The fourth-order valence-corrected chi connectivity index (χ4v) is 3.61. The Morgan fingerprint density at radius 3 is 2.21 bits per heavy atom. The highest BCUT2D eigenvalue weighted by atomic mass is 35.5. The molecule has 2 heterocycles. The van der Waals surface area contributed by atoms with E-state index in [2.05, 4.69) is 11.6 Å². The molecule has 2 aromatic rings. The second-order valence-corrected chi connectivity index (χ2v) is 7.35. The summed E-state index contributed by atoms with van der Waals surface area (Å²) in [6, 6.07) is 9.89. The van der Waals surface area contributed by atoms with Crippen molar-refractivity contribution >= 4 is 35.0 Å². The van der Waals surface area contributed by atoms with Crippen LogP contribution in [0, 0.1) is 5.41 Å². The van der Waals surface area contributed by atoms with Gasteiger partial charge in [-0.2, -0.15) is 0 Å². The Kier molecular flexibility index (Phi) is 5.34. The lowest BCUT2D eigenvalue weighted by molar-refractivity contribution is -0.156. The molecule has 0 saturated carbocycles. The third kappa shape index (κ3) is 3.43. The summed E-state index contributed by atoms with van der Waals surface area (Å²) in [6.45, 7) is 4.07. The van der Waals surface area contributed by atoms with Gasteiger partial charge in [-0.1, -0.05) is 36.4 Å². The summed E-state index contributed by atoms with van der Waals surface area (Å²) in [5.74, 6) is -1.08. The van der Waals surface area contributed by atoms with Crippen molar-refractivity contribution < 1.29 is 14.4 Å². The standard InChI is InChI=1S/C21H20ClN3O3/c1-14(16-5-4-10-23-13-16)11-21(12-15-6-8-17(22)9-7-15)18(26)24(2)20(28)25(3)19(21)27/h4-10,13H,1,11-12H2,2-3H3. The van der Waals surface area contributed by atoms with Crippen molar-refractivity contribution in [2.24, 2.45) is 5.41 Å². The van der Waals surface area contributed by atoms with Gasteiger partial charge in [-0.15, -0.1) is 0 Å². The number of halogens is 1. The minimum atomic E-state index is -1.47. The summed E-state index contributed by atoms with van der Waals surface area (Å²) >= 11 is 5.96. The highest BCUT2D eigenvalue weighted by Crippen LogP contribution is 2.40. The van der Waals surface area contributed by atoms with Gasteiger partial charge in [0.15, 0.2) is 0 Å². The molecule has 1 aromatic carbocycles. The van der Waals surface area contributed by atoms with Crippen LogP contribution in [0.1, 0.15) is 17.5 Å². The molecular weight excluding hydrogens is 378 g/mol. The van der Waals surface area contributed by atoms with E-state index in [0.29, 0.717) is 10.6 Å². The molecule has 0 bridgehead atoms. The van der Waals surface area contributed by atoms with Gasteiger partial charge in [0, 0.05) is 31.5 Å². The Bertz CT molecular complexity index is 917. The maximum absolute atomic E-state index is 13.2. The van der Waals surface area contributed by atoms with Gasteiger partial charge in [0.1, 0.15) is 5.41 Å². The van der Waals surface area contributed by atoms with Gasteiger partial charge in [0.25, 0.3) is 0 Å². The molecule has 1 aliphatic heterocycles. The van der Waals surface area contributed by atoms with Crippen molar-refractivity contribution in [1.82, 2.24) is 14.8 Å². The van der Waals surface area contributed by atoms with Crippen molar-refractivity contribution in [2.75, 3.05) is 14.1 Å². The molecule has 0 radical (unpaired) electrons. The first-order chi connectivity index (χ1) is 13.3. The summed E-state index contributed by atoms with van der Waals surface area (Å²) < 4.78 is 0. The molecule has 1 saturated heterocycles. The summed E-state index contributed by atoms with van der Waals surface area (Å²) in [6.07, 6.45) is 3.47. The summed E-state index contributed by atoms with van der Waals surface area (Å²) in [5.41, 5.74) is 0.625. The number of carbonyl (C=O) groups is 3. The van der Waals surface area contributed by atoms with Crippen LogP contribution < -0.4 is 0 Å². The van der Waals surface area contributed by atoms with E-state index < -0.39 is 23.3 Å². The molecule has 1 fully saturated rings. The Morgan fingerprint density at radius 1 is 1.07 bits per heavy atom. The number of carbonyl (C=O) groups excluding carboxylic acids is 3. The number of nitrogens with zero attached hydrogens (tertiary/aromatic N) is 3. The molecule has 6 nitrogen and oxygen atoms in total. The van der Waals surface area contributed by atoms with E-state index in [1.807, 2.05) is 6.07 Å². The Labute approximate surface area is 168 Å². The van der Waals surface area contributed by atoms with Crippen LogP contribution in [0.2, 0.25) is 5.02 Å². The SMILES string of the molecule is C=C(CC1(Cc2ccc(Cl)cc2)C(=O)N(C)C(=O)N(C)C1=O)c1cccnc1. The van der Waals surface area contributed by atoms with Gasteiger partial charge in [-0.05, 0) is 47.7 Å². The Hall–Kier alpha value is -2.99. The smallest absolute Gasteiger partial charge is 0.273 e. The van der Waals surface area contributed by atoms with Crippen LogP contribution in [-0.2, 0) is 16.0 Å². The number of imide groups is 2. The molecule has 0 aliphatic carbocycles. The molecule has 7 heteroatoms. The van der Waals surface area contributed by atoms with Gasteiger partial charge in [-0.25, -0.2) is 4.79 Å². The molecule has 3 rings (SSSR count). The van der Waals surface area contributed by atoms with E-state index in [1.54, 1.807) is 42.7 Å². The maximum atomic E-state index is 13.2. The maximum Gasteiger partial charge on any atom is 0.332 e. The molecule has 1 aliphatic rings. The number of barbiturate groups is 1. The third-order valence-corrected chi connectivity index (χ3v) is 5.26. The number of benzene rings is 1. The molecule has 144 valence electrons. The first kappa shape index (κ1) is 19.8. The van der Waals surface area contributed by atoms with Crippen LogP contribution in [0.25, 0.3) is 5.57 Å². The van der Waals surface area contributed by atoms with Crippen LogP contribution in [0.15, 0.2) is 55.4 Å². The molecule has 0 spiro atoms. The number of urea groups is 1. The fraction of sp³-hybridized carbons (Fsp3) is 0.238. The zero-order chi connectivity index (χ0) is 20.5. The highest BCUT2D eigenvalue weighted by molar-refractivity contribution is 6.30. The minimum absolute atomic E-state index is 0.0704. The van der Waals surface area contributed by atoms with Crippen molar-refractivity contribution in [3.8, 4) is 0 Å². The Morgan fingerprint density at radius 2 is 1.68 bits per heavy atom. The molecule has 0 N–H and O–H groups in total. The number of amides is 4. The molecular formula is C21H20ClN3O3. The van der Waals surface area contributed by atoms with Crippen molar-refractivity contribution in [2.45, 2.75) is 12.8 Å². The second-order valence-electron chi connectivity index (χ2n) is 6.92. The van der Waals surface area contributed by atoms with E-state index in [1.165, 1.54) is 14.1 Å². The molecule has 28 heavy (non-hydrogen) atoms. The number of allylic oxidation sites excluding steroid dienone is 1. The lowest BCUT2D eigenvalue weighted by atomic mass is 9.72. The average Bonchev–Trinajstić information content (AvgIpc) is 2.71. The average molecular weight is 398 g/mol. The zero-order valence-corrected chi connectivity index (χ0v) is 16.4. The molecule has 0 unspecified atom stereocenters. The lowest BCUT2D eigenvalue weighted by Gasteiger charge is -2.42. The normalized spacial score (nSPS) is 16.5. The lowest BCUT2D eigenvalue weighted by Crippen LogP contribution is -2.63. The highest BCUT2D eigenvalue weighted by Gasteiger charge is 2.55. The third-order valence-electron chi connectivity index (χ3n) is 5.01. The number of hydrogen-bond acceptors (Lipinski definition) is 4. The number of pyridine rings is 1. The predicted molar refractivity (Wildman–Crippen MR) is 106 cm³/mol. The van der Waals surface area contributed by atoms with Crippen molar-refractivity contribution in [1.29, 1.82) is 0 Å². The first-order valence-electron chi connectivity index (χ1n) is 8.69. The monoisotopic (exact) mass is 397 g/mol. The first-order valence-corrected chi connectivity index (χ1v) is 9.07. The molecule has 1 aromatic heterocycles. The zero-order valence-electron chi connectivity index (χ0n) is 15.7. The Balaban J connectivity index is 2.06. The topological polar surface area (TPSA) is 70.6 Å². The van der Waals surface area contributed by atoms with Crippen LogP contribution in [-0.4, -0.2) is 46.7 Å². The van der Waals surface area contributed by atoms with Gasteiger partial charge in [0.05, 0.1) is 0 Å². The van der Waals surface area contributed by atoms with Gasteiger partial charge in [0.2, 0.25) is 11.8 Å². The summed E-state index contributed by atoms with van der Waals surface area (Å²) in [7, 11) is 2.77. The van der Waals surface area contributed by atoms with E-state index in [4.69, 9.17) is 11.6 Å². The predicted octanol–water partition coefficient (Wildman–Crippen LogP) is 3.42. The number of aromatic nitrogens is 1. The van der Waals surface area contributed by atoms with Gasteiger partial charge >= 0.3 is 6.03 Å². The number of hydrogen-bond donors (Lipinski definition) is 0. The van der Waals surface area contributed by atoms with Crippen molar-refractivity contribution in [3.05, 3.63) is 71.5 Å². The minimum Gasteiger partial charge on any atom is -0.273 e. The van der Waals surface area contributed by atoms with Gasteiger partial charge < -0.3 is 0 Å². The van der Waals surface area contributed by atoms with Crippen molar-refractivity contribution in [3.63, 3.8) is 0 Å². The van der Waals surface area contributed by atoms with Crippen LogP contribution in [0.3, 0.4) is 0 Å². The second kappa shape index (κ2) is 7.56. The quantitative estimate of drug-likeness (QED) is 0.725. The van der Waals surface area contributed by atoms with E-state index >= 15 is 0 Å². The van der Waals surface area contributed by atoms with E-state index in [-0.39, 0.29) is 12.8 Å². The summed E-state index contributed by atoms with van der Waals surface area (Å²) in [5, 5.41) is 0.559.